The van der Waals surface area contributed by atoms with Crippen LogP contribution >= 0.6 is 0 Å². The molecule has 132 valence electrons. The third-order valence-electron chi connectivity index (χ3n) is 3.45. The van der Waals surface area contributed by atoms with E-state index in [1.807, 2.05) is 6.92 Å². The number of para-hydroxylation sites is 2. The summed E-state index contributed by atoms with van der Waals surface area (Å²) in [5, 5.41) is 5.26. The molecule has 25 heavy (non-hydrogen) atoms. The molecule has 0 fully saturated rings. The molecule has 0 heterocycles. The first-order valence-electron chi connectivity index (χ1n) is 8.16. The number of rotatable bonds is 8. The summed E-state index contributed by atoms with van der Waals surface area (Å²) in [5.41, 5.74) is 0.613. The van der Waals surface area contributed by atoms with Gasteiger partial charge in [0.1, 0.15) is 11.6 Å². The van der Waals surface area contributed by atoms with Crippen LogP contribution in [-0.2, 0) is 4.79 Å². The van der Waals surface area contributed by atoms with Gasteiger partial charge < -0.3 is 15.4 Å². The van der Waals surface area contributed by atoms with Gasteiger partial charge in [0, 0.05) is 13.0 Å². The van der Waals surface area contributed by atoms with Gasteiger partial charge in [0.15, 0.2) is 0 Å². The van der Waals surface area contributed by atoms with E-state index in [4.69, 9.17) is 4.74 Å². The highest BCUT2D eigenvalue weighted by Crippen LogP contribution is 2.17. The van der Waals surface area contributed by atoms with Crippen molar-refractivity contribution in [3.8, 4) is 5.75 Å². The SMILES string of the molecule is CCOc1ccccc1C(=O)NCCCC(=O)Nc1ccccc1F. The lowest BCUT2D eigenvalue weighted by molar-refractivity contribution is -0.116. The van der Waals surface area contributed by atoms with Gasteiger partial charge in [0.05, 0.1) is 17.9 Å². The minimum absolute atomic E-state index is 0.155. The molecule has 0 aromatic heterocycles. The molecule has 0 bridgehead atoms. The standard InChI is InChI=1S/C19H21FN2O3/c1-2-25-17-11-6-3-8-14(17)19(24)21-13-7-12-18(23)22-16-10-5-4-9-15(16)20/h3-6,8-11H,2,7,12-13H2,1H3,(H,21,24)(H,22,23). The normalized spacial score (nSPS) is 10.2. The minimum Gasteiger partial charge on any atom is -0.493 e. The Balaban J connectivity index is 1.76. The third kappa shape index (κ3) is 5.60. The van der Waals surface area contributed by atoms with E-state index in [1.54, 1.807) is 36.4 Å². The van der Waals surface area contributed by atoms with E-state index in [1.165, 1.54) is 12.1 Å². The molecule has 2 rings (SSSR count). The van der Waals surface area contributed by atoms with Crippen LogP contribution in [0.2, 0.25) is 0 Å². The van der Waals surface area contributed by atoms with Crippen LogP contribution in [0.1, 0.15) is 30.1 Å². The zero-order chi connectivity index (χ0) is 18.1. The number of anilines is 1. The Bertz CT molecular complexity index is 734. The van der Waals surface area contributed by atoms with Crippen molar-refractivity contribution in [1.82, 2.24) is 5.32 Å². The maximum absolute atomic E-state index is 13.4. The third-order valence-corrected chi connectivity index (χ3v) is 3.45. The molecule has 2 amide bonds. The molecule has 0 saturated carbocycles. The van der Waals surface area contributed by atoms with Crippen LogP contribution < -0.4 is 15.4 Å². The highest BCUT2D eigenvalue weighted by molar-refractivity contribution is 5.97. The molecule has 2 aromatic carbocycles. The summed E-state index contributed by atoms with van der Waals surface area (Å²) < 4.78 is 18.9. The van der Waals surface area contributed by atoms with Crippen LogP contribution in [0.5, 0.6) is 5.75 Å². The molecular formula is C19H21FN2O3. The van der Waals surface area contributed by atoms with Crippen LogP contribution in [0.3, 0.4) is 0 Å². The van der Waals surface area contributed by atoms with Gasteiger partial charge in [0.25, 0.3) is 5.91 Å². The van der Waals surface area contributed by atoms with Crippen molar-refractivity contribution in [2.75, 3.05) is 18.5 Å². The van der Waals surface area contributed by atoms with Gasteiger partial charge in [-0.15, -0.1) is 0 Å². The van der Waals surface area contributed by atoms with Gasteiger partial charge in [-0.05, 0) is 37.6 Å². The second kappa shape index (κ2) is 9.42. The van der Waals surface area contributed by atoms with Crippen LogP contribution in [0.15, 0.2) is 48.5 Å². The predicted octanol–water partition coefficient (Wildman–Crippen LogP) is 3.37. The van der Waals surface area contributed by atoms with Crippen LogP contribution in [0, 0.1) is 5.82 Å². The fraction of sp³-hybridized carbons (Fsp3) is 0.263. The molecule has 0 unspecified atom stereocenters. The molecule has 0 aliphatic heterocycles. The number of halogens is 1. The van der Waals surface area contributed by atoms with E-state index in [2.05, 4.69) is 10.6 Å². The number of hydrogen-bond donors (Lipinski definition) is 2. The summed E-state index contributed by atoms with van der Waals surface area (Å²) in [7, 11) is 0. The van der Waals surface area contributed by atoms with Crippen LogP contribution in [-0.4, -0.2) is 25.0 Å². The van der Waals surface area contributed by atoms with Crippen LogP contribution in [0.4, 0.5) is 10.1 Å². The van der Waals surface area contributed by atoms with Gasteiger partial charge in [-0.1, -0.05) is 24.3 Å². The van der Waals surface area contributed by atoms with Crippen molar-refractivity contribution < 1.29 is 18.7 Å². The zero-order valence-corrected chi connectivity index (χ0v) is 14.0. The summed E-state index contributed by atoms with van der Waals surface area (Å²) in [6.07, 6.45) is 0.630. The molecule has 0 atom stereocenters. The number of amides is 2. The number of carbonyl (C=O) groups is 2. The molecule has 2 N–H and O–H groups in total. The minimum atomic E-state index is -0.475. The Morgan fingerprint density at radius 3 is 2.56 bits per heavy atom. The van der Waals surface area contributed by atoms with Crippen molar-refractivity contribution in [2.45, 2.75) is 19.8 Å². The second-order valence-corrected chi connectivity index (χ2v) is 5.32. The van der Waals surface area contributed by atoms with Crippen LogP contribution in [0.25, 0.3) is 0 Å². The largest absolute Gasteiger partial charge is 0.493 e. The van der Waals surface area contributed by atoms with Crippen molar-refractivity contribution in [2.24, 2.45) is 0 Å². The fourth-order valence-electron chi connectivity index (χ4n) is 2.26. The molecule has 6 heteroatoms. The van der Waals surface area contributed by atoms with E-state index in [-0.39, 0.29) is 23.9 Å². The second-order valence-electron chi connectivity index (χ2n) is 5.32. The molecule has 2 aromatic rings. The van der Waals surface area contributed by atoms with E-state index < -0.39 is 5.82 Å². The molecule has 5 nitrogen and oxygen atoms in total. The van der Waals surface area contributed by atoms with Gasteiger partial charge in [-0.3, -0.25) is 9.59 Å². The lowest BCUT2D eigenvalue weighted by atomic mass is 10.2. The Morgan fingerprint density at radius 1 is 1.08 bits per heavy atom. The maximum atomic E-state index is 13.4. The Kier molecular flexibility index (Phi) is 6.95. The Hall–Kier alpha value is -2.89. The number of hydrogen-bond acceptors (Lipinski definition) is 3. The van der Waals surface area contributed by atoms with Gasteiger partial charge in [-0.25, -0.2) is 4.39 Å². The van der Waals surface area contributed by atoms with Crippen molar-refractivity contribution in [3.05, 3.63) is 59.9 Å². The Labute approximate surface area is 146 Å². The highest BCUT2D eigenvalue weighted by atomic mass is 19.1. The highest BCUT2D eigenvalue weighted by Gasteiger charge is 2.11. The van der Waals surface area contributed by atoms with Gasteiger partial charge >= 0.3 is 0 Å². The lowest BCUT2D eigenvalue weighted by Gasteiger charge is -2.10. The summed E-state index contributed by atoms with van der Waals surface area (Å²) in [5.74, 6) is -0.496. The molecule has 0 aliphatic rings. The summed E-state index contributed by atoms with van der Waals surface area (Å²) in [6, 6.07) is 13.0. The van der Waals surface area contributed by atoms with Crippen molar-refractivity contribution >= 4 is 17.5 Å². The summed E-state index contributed by atoms with van der Waals surface area (Å²) in [4.78, 5) is 24.0. The Morgan fingerprint density at radius 2 is 1.80 bits per heavy atom. The first kappa shape index (κ1) is 18.4. The van der Waals surface area contributed by atoms with E-state index in [0.29, 0.717) is 30.9 Å². The van der Waals surface area contributed by atoms with E-state index in [9.17, 15) is 14.0 Å². The molecule has 0 aliphatic carbocycles. The fourth-order valence-corrected chi connectivity index (χ4v) is 2.26. The van der Waals surface area contributed by atoms with Gasteiger partial charge in [-0.2, -0.15) is 0 Å². The number of ether oxygens (including phenoxy) is 1. The number of carbonyl (C=O) groups excluding carboxylic acids is 2. The lowest BCUT2D eigenvalue weighted by Crippen LogP contribution is -2.26. The predicted molar refractivity (Wildman–Crippen MR) is 94.2 cm³/mol. The quantitative estimate of drug-likeness (QED) is 0.722. The van der Waals surface area contributed by atoms with E-state index >= 15 is 0 Å². The molecule has 0 spiro atoms. The smallest absolute Gasteiger partial charge is 0.255 e. The number of benzene rings is 2. The first-order valence-corrected chi connectivity index (χ1v) is 8.16. The topological polar surface area (TPSA) is 67.4 Å². The zero-order valence-electron chi connectivity index (χ0n) is 14.0. The van der Waals surface area contributed by atoms with E-state index in [0.717, 1.165) is 0 Å². The first-order chi connectivity index (χ1) is 12.1. The molecule has 0 radical (unpaired) electrons. The monoisotopic (exact) mass is 344 g/mol. The summed E-state index contributed by atoms with van der Waals surface area (Å²) in [6.45, 7) is 2.66. The summed E-state index contributed by atoms with van der Waals surface area (Å²) >= 11 is 0. The average Bonchev–Trinajstić information content (AvgIpc) is 2.61. The van der Waals surface area contributed by atoms with Crippen molar-refractivity contribution in [3.63, 3.8) is 0 Å². The van der Waals surface area contributed by atoms with Gasteiger partial charge in [0.2, 0.25) is 5.91 Å². The molecule has 0 saturated heterocycles. The maximum Gasteiger partial charge on any atom is 0.255 e. The van der Waals surface area contributed by atoms with Crippen molar-refractivity contribution in [1.29, 1.82) is 0 Å². The molecular weight excluding hydrogens is 323 g/mol. The number of nitrogens with one attached hydrogen (secondary N) is 2. The average molecular weight is 344 g/mol.